The SMILES string of the molecule is N#Cc1ccc(OCc2ncncc2C(=O)O)c(Cl)c1. The van der Waals surface area contributed by atoms with Crippen LogP contribution in [0.2, 0.25) is 5.02 Å². The number of carbonyl (C=O) groups is 1. The summed E-state index contributed by atoms with van der Waals surface area (Å²) in [7, 11) is 0. The van der Waals surface area contributed by atoms with Crippen LogP contribution < -0.4 is 4.74 Å². The van der Waals surface area contributed by atoms with Gasteiger partial charge in [-0.05, 0) is 18.2 Å². The van der Waals surface area contributed by atoms with E-state index < -0.39 is 5.97 Å². The van der Waals surface area contributed by atoms with Crippen LogP contribution in [-0.4, -0.2) is 21.0 Å². The summed E-state index contributed by atoms with van der Waals surface area (Å²) in [5, 5.41) is 18.0. The topological polar surface area (TPSA) is 96.1 Å². The van der Waals surface area contributed by atoms with E-state index in [2.05, 4.69) is 9.97 Å². The predicted molar refractivity (Wildman–Crippen MR) is 69.5 cm³/mol. The van der Waals surface area contributed by atoms with E-state index in [9.17, 15) is 4.79 Å². The highest BCUT2D eigenvalue weighted by atomic mass is 35.5. The van der Waals surface area contributed by atoms with Crippen molar-refractivity contribution in [2.45, 2.75) is 6.61 Å². The van der Waals surface area contributed by atoms with Crippen molar-refractivity contribution in [3.05, 3.63) is 52.6 Å². The first-order chi connectivity index (χ1) is 9.61. The molecule has 1 N–H and O–H groups in total. The molecule has 0 amide bonds. The molecular formula is C13H8ClN3O3. The van der Waals surface area contributed by atoms with Gasteiger partial charge in [0.1, 0.15) is 24.2 Å². The number of halogens is 1. The summed E-state index contributed by atoms with van der Waals surface area (Å²) in [6.45, 7) is -0.0597. The predicted octanol–water partition coefficient (Wildman–Crippen LogP) is 2.28. The van der Waals surface area contributed by atoms with Crippen LogP contribution in [0.4, 0.5) is 0 Å². The van der Waals surface area contributed by atoms with Gasteiger partial charge in [-0.2, -0.15) is 5.26 Å². The first kappa shape index (κ1) is 13.8. The molecule has 0 bridgehead atoms. The van der Waals surface area contributed by atoms with Crippen LogP contribution in [0.15, 0.2) is 30.7 Å². The van der Waals surface area contributed by atoms with Crippen molar-refractivity contribution in [2.24, 2.45) is 0 Å². The van der Waals surface area contributed by atoms with Crippen LogP contribution in [0.3, 0.4) is 0 Å². The molecule has 0 spiro atoms. The van der Waals surface area contributed by atoms with Gasteiger partial charge in [-0.3, -0.25) is 0 Å². The summed E-state index contributed by atoms with van der Waals surface area (Å²) in [5.41, 5.74) is 0.626. The fourth-order valence-electron chi connectivity index (χ4n) is 1.48. The molecule has 1 aromatic carbocycles. The number of carboxylic acid groups (broad SMARTS) is 1. The molecule has 20 heavy (non-hydrogen) atoms. The summed E-state index contributed by atoms with van der Waals surface area (Å²) in [6.07, 6.45) is 2.44. The Kier molecular flexibility index (Phi) is 4.13. The number of nitriles is 1. The van der Waals surface area contributed by atoms with Crippen molar-refractivity contribution >= 4 is 17.6 Å². The van der Waals surface area contributed by atoms with Crippen molar-refractivity contribution in [1.29, 1.82) is 5.26 Å². The Bertz CT molecular complexity index is 698. The molecule has 0 saturated heterocycles. The Balaban J connectivity index is 2.18. The van der Waals surface area contributed by atoms with Crippen molar-refractivity contribution < 1.29 is 14.6 Å². The Labute approximate surface area is 119 Å². The summed E-state index contributed by atoms with van der Waals surface area (Å²) in [4.78, 5) is 18.5. The third-order valence-corrected chi connectivity index (χ3v) is 2.75. The van der Waals surface area contributed by atoms with E-state index in [-0.39, 0.29) is 22.9 Å². The van der Waals surface area contributed by atoms with E-state index in [0.29, 0.717) is 11.3 Å². The second-order valence-corrected chi connectivity index (χ2v) is 4.14. The molecular weight excluding hydrogens is 282 g/mol. The van der Waals surface area contributed by atoms with Crippen molar-refractivity contribution in [2.75, 3.05) is 0 Å². The zero-order chi connectivity index (χ0) is 14.5. The van der Waals surface area contributed by atoms with Gasteiger partial charge in [0.15, 0.2) is 0 Å². The molecule has 1 aromatic heterocycles. The molecule has 0 aliphatic rings. The normalized spacial score (nSPS) is 9.80. The minimum absolute atomic E-state index is 0.0303. The highest BCUT2D eigenvalue weighted by molar-refractivity contribution is 6.32. The lowest BCUT2D eigenvalue weighted by Gasteiger charge is -2.09. The number of ether oxygens (including phenoxy) is 1. The number of hydrogen-bond donors (Lipinski definition) is 1. The maximum absolute atomic E-state index is 11.0. The molecule has 0 unspecified atom stereocenters. The monoisotopic (exact) mass is 289 g/mol. The fourth-order valence-corrected chi connectivity index (χ4v) is 1.72. The molecule has 7 heteroatoms. The molecule has 6 nitrogen and oxygen atoms in total. The number of aromatic nitrogens is 2. The van der Waals surface area contributed by atoms with Crippen LogP contribution in [0, 0.1) is 11.3 Å². The maximum Gasteiger partial charge on any atom is 0.339 e. The van der Waals surface area contributed by atoms with Crippen molar-refractivity contribution in [3.63, 3.8) is 0 Å². The molecule has 2 rings (SSSR count). The lowest BCUT2D eigenvalue weighted by atomic mass is 10.2. The third kappa shape index (κ3) is 3.02. The number of rotatable bonds is 4. The number of nitrogens with zero attached hydrogens (tertiary/aromatic N) is 3. The zero-order valence-electron chi connectivity index (χ0n) is 10.1. The van der Waals surface area contributed by atoms with Crippen LogP contribution in [-0.2, 0) is 6.61 Å². The van der Waals surface area contributed by atoms with Crippen LogP contribution >= 0.6 is 11.6 Å². The van der Waals surface area contributed by atoms with E-state index in [4.69, 9.17) is 26.7 Å². The number of hydrogen-bond acceptors (Lipinski definition) is 5. The maximum atomic E-state index is 11.0. The highest BCUT2D eigenvalue weighted by Crippen LogP contribution is 2.26. The highest BCUT2D eigenvalue weighted by Gasteiger charge is 2.12. The average molecular weight is 290 g/mol. The van der Waals surface area contributed by atoms with E-state index in [0.717, 1.165) is 0 Å². The summed E-state index contributed by atoms with van der Waals surface area (Å²) < 4.78 is 5.42. The molecule has 1 heterocycles. The fraction of sp³-hybridized carbons (Fsp3) is 0.0769. The van der Waals surface area contributed by atoms with E-state index in [1.807, 2.05) is 6.07 Å². The summed E-state index contributed by atoms with van der Waals surface area (Å²) >= 11 is 5.95. The minimum Gasteiger partial charge on any atom is -0.486 e. The van der Waals surface area contributed by atoms with Crippen LogP contribution in [0.25, 0.3) is 0 Å². The Morgan fingerprint density at radius 3 is 2.95 bits per heavy atom. The Hall–Kier alpha value is -2.65. The van der Waals surface area contributed by atoms with E-state index in [1.165, 1.54) is 18.6 Å². The largest absolute Gasteiger partial charge is 0.486 e. The number of carboxylic acids is 1. The smallest absolute Gasteiger partial charge is 0.339 e. The Morgan fingerprint density at radius 1 is 1.50 bits per heavy atom. The van der Waals surface area contributed by atoms with Gasteiger partial charge >= 0.3 is 5.97 Å². The molecule has 0 saturated carbocycles. The second-order valence-electron chi connectivity index (χ2n) is 3.73. The van der Waals surface area contributed by atoms with Gasteiger partial charge in [0.2, 0.25) is 0 Å². The van der Waals surface area contributed by atoms with E-state index >= 15 is 0 Å². The molecule has 2 aromatic rings. The van der Waals surface area contributed by atoms with E-state index in [1.54, 1.807) is 12.1 Å². The molecule has 100 valence electrons. The molecule has 0 aliphatic heterocycles. The van der Waals surface area contributed by atoms with Crippen molar-refractivity contribution in [3.8, 4) is 11.8 Å². The van der Waals surface area contributed by atoms with Gasteiger partial charge in [-0.25, -0.2) is 14.8 Å². The van der Waals surface area contributed by atoms with Gasteiger partial charge in [-0.15, -0.1) is 0 Å². The molecule has 0 radical (unpaired) electrons. The minimum atomic E-state index is -1.13. The van der Waals surface area contributed by atoms with Gasteiger partial charge in [0.25, 0.3) is 0 Å². The van der Waals surface area contributed by atoms with Gasteiger partial charge < -0.3 is 9.84 Å². The van der Waals surface area contributed by atoms with Crippen LogP contribution in [0.5, 0.6) is 5.75 Å². The van der Waals surface area contributed by atoms with Crippen LogP contribution in [0.1, 0.15) is 21.6 Å². The van der Waals surface area contributed by atoms with Gasteiger partial charge in [0.05, 0.1) is 22.3 Å². The first-order valence-electron chi connectivity index (χ1n) is 5.46. The number of aromatic carboxylic acids is 1. The third-order valence-electron chi connectivity index (χ3n) is 2.45. The second kappa shape index (κ2) is 5.99. The zero-order valence-corrected chi connectivity index (χ0v) is 10.8. The number of benzene rings is 1. The lowest BCUT2D eigenvalue weighted by molar-refractivity contribution is 0.0692. The lowest BCUT2D eigenvalue weighted by Crippen LogP contribution is -2.08. The summed E-state index contributed by atoms with van der Waals surface area (Å²) in [5.74, 6) is -0.782. The molecule has 0 atom stereocenters. The average Bonchev–Trinajstić information content (AvgIpc) is 2.46. The van der Waals surface area contributed by atoms with Gasteiger partial charge in [-0.1, -0.05) is 11.6 Å². The molecule has 0 fully saturated rings. The first-order valence-corrected chi connectivity index (χ1v) is 5.84. The Morgan fingerprint density at radius 2 is 2.30 bits per heavy atom. The standard InChI is InChI=1S/C13H8ClN3O3/c14-10-3-8(4-15)1-2-12(10)20-6-11-9(13(18)19)5-16-7-17-11/h1-3,5,7H,6H2,(H,18,19). The quantitative estimate of drug-likeness (QED) is 0.927. The summed E-state index contributed by atoms with van der Waals surface area (Å²) in [6, 6.07) is 6.52. The van der Waals surface area contributed by atoms with Gasteiger partial charge in [0, 0.05) is 6.20 Å². The molecule has 0 aliphatic carbocycles. The van der Waals surface area contributed by atoms with Crippen molar-refractivity contribution in [1.82, 2.24) is 9.97 Å².